The van der Waals surface area contributed by atoms with E-state index in [1.807, 2.05) is 5.32 Å². The molecule has 1 aromatic heterocycles. The predicted molar refractivity (Wildman–Crippen MR) is 91.0 cm³/mol. The van der Waals surface area contributed by atoms with Crippen molar-refractivity contribution < 1.29 is 35.9 Å². The largest absolute Gasteiger partial charge is 0.416 e. The number of rotatable bonds is 6. The van der Waals surface area contributed by atoms with Crippen molar-refractivity contribution in [2.24, 2.45) is 0 Å². The highest BCUT2D eigenvalue weighted by Gasteiger charge is 2.37. The molecule has 0 aliphatic rings. The quantitative estimate of drug-likeness (QED) is 0.510. The van der Waals surface area contributed by atoms with Crippen LogP contribution in [0.2, 0.25) is 0 Å². The van der Waals surface area contributed by atoms with Crippen molar-refractivity contribution >= 4 is 28.8 Å². The molecule has 11 heteroatoms. The van der Waals surface area contributed by atoms with Gasteiger partial charge < -0.3 is 10.6 Å². The van der Waals surface area contributed by atoms with E-state index in [2.05, 4.69) is 5.32 Å². The van der Waals surface area contributed by atoms with Crippen LogP contribution in [0.4, 0.5) is 32.0 Å². The summed E-state index contributed by atoms with van der Waals surface area (Å²) in [6.07, 6.45) is -10.0. The van der Waals surface area contributed by atoms with Crippen molar-refractivity contribution in [3.05, 3.63) is 51.7 Å². The van der Waals surface area contributed by atoms with Crippen LogP contribution >= 0.6 is 11.3 Å². The van der Waals surface area contributed by atoms with Crippen LogP contribution in [0.25, 0.3) is 0 Å². The van der Waals surface area contributed by atoms with Gasteiger partial charge >= 0.3 is 12.4 Å². The van der Waals surface area contributed by atoms with Gasteiger partial charge in [-0.15, -0.1) is 0 Å². The Morgan fingerprint density at radius 1 is 0.964 bits per heavy atom. The third-order valence-electron chi connectivity index (χ3n) is 3.52. The molecule has 0 fully saturated rings. The highest BCUT2D eigenvalue weighted by atomic mass is 32.1. The van der Waals surface area contributed by atoms with Gasteiger partial charge in [0.2, 0.25) is 5.91 Å². The fourth-order valence-electron chi connectivity index (χ4n) is 2.20. The number of hydrogen-bond acceptors (Lipinski definition) is 3. The van der Waals surface area contributed by atoms with Crippen LogP contribution in [0.1, 0.15) is 34.3 Å². The average Bonchev–Trinajstić information content (AvgIpc) is 3.11. The predicted octanol–water partition coefficient (Wildman–Crippen LogP) is 4.93. The van der Waals surface area contributed by atoms with Gasteiger partial charge in [0.1, 0.15) is 0 Å². The number of carbonyl (C=O) groups excluding carboxylic acids is 2. The average molecular weight is 424 g/mol. The monoisotopic (exact) mass is 424 g/mol. The Morgan fingerprint density at radius 3 is 2.07 bits per heavy atom. The lowest BCUT2D eigenvalue weighted by Gasteiger charge is -2.14. The summed E-state index contributed by atoms with van der Waals surface area (Å²) in [6, 6.07) is 2.46. The number of anilines is 1. The number of hydrogen-bond donors (Lipinski definition) is 2. The van der Waals surface area contributed by atoms with Gasteiger partial charge in [-0.25, -0.2) is 0 Å². The Bertz CT molecular complexity index is 799. The van der Waals surface area contributed by atoms with Crippen LogP contribution in [0.15, 0.2) is 35.0 Å². The van der Waals surface area contributed by atoms with E-state index in [1.54, 1.807) is 16.8 Å². The summed E-state index contributed by atoms with van der Waals surface area (Å²) < 4.78 is 76.8. The zero-order valence-corrected chi connectivity index (χ0v) is 14.9. The van der Waals surface area contributed by atoms with Crippen LogP contribution < -0.4 is 10.6 Å². The molecule has 0 spiro atoms. The normalized spacial score (nSPS) is 11.9. The first-order chi connectivity index (χ1) is 13.0. The molecular formula is C17H14F6N2O2S. The fourth-order valence-corrected chi connectivity index (χ4v) is 2.83. The van der Waals surface area contributed by atoms with Crippen LogP contribution in [0, 0.1) is 0 Å². The maximum Gasteiger partial charge on any atom is 0.416 e. The minimum atomic E-state index is -4.99. The third-order valence-corrected chi connectivity index (χ3v) is 4.20. The molecule has 0 aliphatic carbocycles. The first-order valence-electron chi connectivity index (χ1n) is 7.86. The second-order valence-corrected chi connectivity index (χ2v) is 6.49. The van der Waals surface area contributed by atoms with Gasteiger partial charge in [-0.05, 0) is 36.1 Å². The molecule has 1 aromatic carbocycles. The van der Waals surface area contributed by atoms with E-state index in [0.717, 1.165) is 0 Å². The molecule has 152 valence electrons. The number of alkyl halides is 6. The van der Waals surface area contributed by atoms with E-state index < -0.39 is 35.1 Å². The number of amides is 2. The molecule has 2 N–H and O–H groups in total. The second kappa shape index (κ2) is 8.63. The molecule has 2 amide bonds. The fraction of sp³-hybridized carbons (Fsp3) is 0.294. The summed E-state index contributed by atoms with van der Waals surface area (Å²) in [7, 11) is 0. The van der Waals surface area contributed by atoms with E-state index >= 15 is 0 Å². The molecule has 2 aromatic rings. The summed E-state index contributed by atoms with van der Waals surface area (Å²) >= 11 is 1.33. The Morgan fingerprint density at radius 2 is 1.57 bits per heavy atom. The van der Waals surface area contributed by atoms with Gasteiger partial charge in [-0.3, -0.25) is 9.59 Å². The molecule has 0 atom stereocenters. The number of carbonyl (C=O) groups is 2. The Kier molecular flexibility index (Phi) is 6.70. The zero-order valence-electron chi connectivity index (χ0n) is 14.1. The van der Waals surface area contributed by atoms with E-state index in [0.29, 0.717) is 17.7 Å². The summed E-state index contributed by atoms with van der Waals surface area (Å²) in [5.41, 5.74) is -3.17. The molecule has 1 heterocycles. The van der Waals surface area contributed by atoms with Gasteiger partial charge in [0.15, 0.2) is 0 Å². The van der Waals surface area contributed by atoms with Crippen molar-refractivity contribution in [1.29, 1.82) is 0 Å². The lowest BCUT2D eigenvalue weighted by molar-refractivity contribution is -0.143. The Hall–Kier alpha value is -2.56. The Labute approximate surface area is 159 Å². The minimum absolute atomic E-state index is 0.0182. The van der Waals surface area contributed by atoms with E-state index in [9.17, 15) is 35.9 Å². The van der Waals surface area contributed by atoms with Crippen molar-refractivity contribution in [2.75, 3.05) is 11.9 Å². The standard InChI is InChI=1S/C17H14F6N2O2S/c18-16(19,20)11-6-12(17(21,22)23)8-13(7-11)25-14(26)2-1-4-24-15(27)10-3-5-28-9-10/h3,5-9H,1-2,4H2,(H,24,27)(H,25,26). The molecule has 0 unspecified atom stereocenters. The third kappa shape index (κ3) is 6.25. The van der Waals surface area contributed by atoms with Crippen molar-refractivity contribution in [2.45, 2.75) is 25.2 Å². The van der Waals surface area contributed by atoms with Gasteiger partial charge in [0.05, 0.1) is 11.1 Å². The van der Waals surface area contributed by atoms with Gasteiger partial charge in [-0.2, -0.15) is 37.7 Å². The molecule has 0 radical (unpaired) electrons. The van der Waals surface area contributed by atoms with Gasteiger partial charge in [0, 0.05) is 29.6 Å². The van der Waals surface area contributed by atoms with Crippen molar-refractivity contribution in [1.82, 2.24) is 5.32 Å². The van der Waals surface area contributed by atoms with Crippen molar-refractivity contribution in [3.63, 3.8) is 0 Å². The highest BCUT2D eigenvalue weighted by molar-refractivity contribution is 7.08. The first-order valence-corrected chi connectivity index (χ1v) is 8.81. The lowest BCUT2D eigenvalue weighted by atomic mass is 10.1. The molecule has 0 saturated carbocycles. The second-order valence-electron chi connectivity index (χ2n) is 5.71. The SMILES string of the molecule is O=C(CCCNC(=O)c1ccsc1)Nc1cc(C(F)(F)F)cc(C(F)(F)F)c1. The van der Waals surface area contributed by atoms with E-state index in [-0.39, 0.29) is 31.4 Å². The molecular weight excluding hydrogens is 410 g/mol. The highest BCUT2D eigenvalue weighted by Crippen LogP contribution is 2.37. The number of nitrogens with one attached hydrogen (secondary N) is 2. The van der Waals surface area contributed by atoms with E-state index in [4.69, 9.17) is 0 Å². The van der Waals surface area contributed by atoms with Crippen molar-refractivity contribution in [3.8, 4) is 0 Å². The molecule has 0 bridgehead atoms. The lowest BCUT2D eigenvalue weighted by Crippen LogP contribution is -2.25. The zero-order chi connectivity index (χ0) is 20.9. The van der Waals surface area contributed by atoms with Crippen LogP contribution in [-0.2, 0) is 17.1 Å². The Balaban J connectivity index is 1.94. The maximum absolute atomic E-state index is 12.8. The first kappa shape index (κ1) is 21.7. The molecule has 0 aliphatic heterocycles. The molecule has 28 heavy (non-hydrogen) atoms. The summed E-state index contributed by atoms with van der Waals surface area (Å²) in [6.45, 7) is 0.124. The van der Waals surface area contributed by atoms with Crippen LogP contribution in [0.3, 0.4) is 0 Å². The summed E-state index contributed by atoms with van der Waals surface area (Å²) in [4.78, 5) is 23.5. The van der Waals surface area contributed by atoms with Crippen LogP contribution in [-0.4, -0.2) is 18.4 Å². The van der Waals surface area contributed by atoms with Gasteiger partial charge in [-0.1, -0.05) is 0 Å². The maximum atomic E-state index is 12.8. The number of halogens is 6. The topological polar surface area (TPSA) is 58.2 Å². The molecule has 2 rings (SSSR count). The minimum Gasteiger partial charge on any atom is -0.352 e. The smallest absolute Gasteiger partial charge is 0.352 e. The molecule has 0 saturated heterocycles. The molecule has 4 nitrogen and oxygen atoms in total. The van der Waals surface area contributed by atoms with E-state index in [1.165, 1.54) is 11.3 Å². The number of benzene rings is 1. The van der Waals surface area contributed by atoms with Gasteiger partial charge in [0.25, 0.3) is 5.91 Å². The van der Waals surface area contributed by atoms with Crippen LogP contribution in [0.5, 0.6) is 0 Å². The summed E-state index contributed by atoms with van der Waals surface area (Å²) in [5, 5.41) is 7.93. The summed E-state index contributed by atoms with van der Waals surface area (Å²) in [5.74, 6) is -1.11. The number of thiophene rings is 1.